The van der Waals surface area contributed by atoms with Gasteiger partial charge in [-0.05, 0) is 25.2 Å². The molecule has 1 fully saturated rings. The Morgan fingerprint density at radius 3 is 3.11 bits per heavy atom. The average Bonchev–Trinajstić information content (AvgIpc) is 2.32. The summed E-state index contributed by atoms with van der Waals surface area (Å²) in [5, 5.41) is 3.29. The van der Waals surface area contributed by atoms with Crippen LogP contribution in [0.25, 0.3) is 0 Å². The number of nitrogens with one attached hydrogen (secondary N) is 1. The lowest BCUT2D eigenvalue weighted by Gasteiger charge is -2.30. The molecule has 1 unspecified atom stereocenters. The first-order chi connectivity index (χ1) is 8.56. The van der Waals surface area contributed by atoms with Gasteiger partial charge in [0.05, 0.1) is 5.56 Å². The van der Waals surface area contributed by atoms with Gasteiger partial charge in [0.15, 0.2) is 5.78 Å². The molecule has 1 heterocycles. The Morgan fingerprint density at radius 2 is 2.39 bits per heavy atom. The maximum atomic E-state index is 13.6. The molecule has 0 amide bonds. The molecule has 2 rings (SSSR count). The Bertz CT molecular complexity index is 453. The molecule has 1 aromatic carbocycles. The number of Topliss-reactive ketones (excluding diaryl/α,β-unsaturated/α-hetero) is 1. The van der Waals surface area contributed by atoms with Crippen LogP contribution >= 0.6 is 15.9 Å². The van der Waals surface area contributed by atoms with Crippen LogP contribution in [-0.2, 0) is 0 Å². The van der Waals surface area contributed by atoms with Gasteiger partial charge in [0.2, 0.25) is 0 Å². The smallest absolute Gasteiger partial charge is 0.167 e. The van der Waals surface area contributed by atoms with E-state index in [0.717, 1.165) is 24.1 Å². The van der Waals surface area contributed by atoms with Crippen LogP contribution in [-0.4, -0.2) is 43.4 Å². The maximum Gasteiger partial charge on any atom is 0.167 e. The highest BCUT2D eigenvalue weighted by Gasteiger charge is 2.21. The number of carbonyl (C=O) groups is 1. The highest BCUT2D eigenvalue weighted by molar-refractivity contribution is 9.10. The Labute approximate surface area is 114 Å². The van der Waals surface area contributed by atoms with E-state index in [1.54, 1.807) is 12.1 Å². The van der Waals surface area contributed by atoms with Crippen LogP contribution in [0.5, 0.6) is 0 Å². The second-order valence-corrected chi connectivity index (χ2v) is 5.58. The van der Waals surface area contributed by atoms with Crippen molar-refractivity contribution in [3.05, 3.63) is 34.1 Å². The zero-order valence-corrected chi connectivity index (χ0v) is 11.8. The average molecular weight is 315 g/mol. The summed E-state index contributed by atoms with van der Waals surface area (Å²) in [7, 11) is 2.03. The number of benzene rings is 1. The van der Waals surface area contributed by atoms with Crippen LogP contribution in [0.4, 0.5) is 4.39 Å². The quantitative estimate of drug-likeness (QED) is 0.867. The van der Waals surface area contributed by atoms with Crippen molar-refractivity contribution in [2.45, 2.75) is 12.5 Å². The standard InChI is InChI=1S/C13H16BrFN2O/c1-17-5-4-16-10(8-17)7-13(18)11-6-9(14)2-3-12(11)15/h2-3,6,10,16H,4-5,7-8H2,1H3. The molecule has 1 saturated heterocycles. The van der Waals surface area contributed by atoms with E-state index in [4.69, 9.17) is 0 Å². The van der Waals surface area contributed by atoms with Crippen molar-refractivity contribution in [1.82, 2.24) is 10.2 Å². The lowest BCUT2D eigenvalue weighted by molar-refractivity contribution is 0.0948. The van der Waals surface area contributed by atoms with E-state index in [-0.39, 0.29) is 17.4 Å². The van der Waals surface area contributed by atoms with E-state index in [1.165, 1.54) is 6.07 Å². The highest BCUT2D eigenvalue weighted by atomic mass is 79.9. The summed E-state index contributed by atoms with van der Waals surface area (Å²) < 4.78 is 14.3. The van der Waals surface area contributed by atoms with Gasteiger partial charge in [-0.3, -0.25) is 4.79 Å². The normalized spacial score (nSPS) is 20.9. The van der Waals surface area contributed by atoms with Crippen molar-refractivity contribution in [3.8, 4) is 0 Å². The van der Waals surface area contributed by atoms with E-state index < -0.39 is 5.82 Å². The van der Waals surface area contributed by atoms with Gasteiger partial charge in [-0.15, -0.1) is 0 Å². The molecule has 0 aromatic heterocycles. The number of hydrogen-bond donors (Lipinski definition) is 1. The van der Waals surface area contributed by atoms with E-state index in [9.17, 15) is 9.18 Å². The number of halogens is 2. The zero-order chi connectivity index (χ0) is 13.1. The van der Waals surface area contributed by atoms with Crippen molar-refractivity contribution in [2.75, 3.05) is 26.7 Å². The third-order valence-electron chi connectivity index (χ3n) is 3.12. The van der Waals surface area contributed by atoms with Crippen LogP contribution in [0.1, 0.15) is 16.8 Å². The van der Waals surface area contributed by atoms with Gasteiger partial charge >= 0.3 is 0 Å². The predicted molar refractivity (Wildman–Crippen MR) is 72.3 cm³/mol. The molecule has 1 aliphatic rings. The molecule has 0 saturated carbocycles. The highest BCUT2D eigenvalue weighted by Crippen LogP contribution is 2.18. The minimum Gasteiger partial charge on any atom is -0.311 e. The van der Waals surface area contributed by atoms with Gasteiger partial charge < -0.3 is 10.2 Å². The number of ketones is 1. The number of carbonyl (C=O) groups excluding carboxylic acids is 1. The van der Waals surface area contributed by atoms with Gasteiger partial charge in [0.1, 0.15) is 5.82 Å². The number of rotatable bonds is 3. The Kier molecular flexibility index (Phi) is 4.48. The van der Waals surface area contributed by atoms with Crippen molar-refractivity contribution < 1.29 is 9.18 Å². The number of piperazine rings is 1. The molecule has 1 atom stereocenters. The molecule has 1 N–H and O–H groups in total. The third kappa shape index (κ3) is 3.37. The molecule has 0 aliphatic carbocycles. The summed E-state index contributed by atoms with van der Waals surface area (Å²) in [5.74, 6) is -0.603. The maximum absolute atomic E-state index is 13.6. The van der Waals surface area contributed by atoms with Crippen LogP contribution in [0.15, 0.2) is 22.7 Å². The molecule has 1 aromatic rings. The first kappa shape index (κ1) is 13.6. The molecule has 0 radical (unpaired) electrons. The third-order valence-corrected chi connectivity index (χ3v) is 3.61. The summed E-state index contributed by atoms with van der Waals surface area (Å²) in [4.78, 5) is 14.2. The fourth-order valence-corrected chi connectivity index (χ4v) is 2.53. The minimum atomic E-state index is -0.452. The van der Waals surface area contributed by atoms with Crippen LogP contribution in [0.2, 0.25) is 0 Å². The number of nitrogens with zero attached hydrogens (tertiary/aromatic N) is 1. The Hall–Kier alpha value is -0.780. The molecular formula is C13H16BrFN2O. The topological polar surface area (TPSA) is 32.3 Å². The lowest BCUT2D eigenvalue weighted by atomic mass is 10.0. The predicted octanol–water partition coefficient (Wildman–Crippen LogP) is 2.06. The zero-order valence-electron chi connectivity index (χ0n) is 10.2. The first-order valence-electron chi connectivity index (χ1n) is 5.96. The van der Waals surface area contributed by atoms with Gasteiger partial charge in [-0.2, -0.15) is 0 Å². The molecule has 3 nitrogen and oxygen atoms in total. The molecular weight excluding hydrogens is 299 g/mol. The summed E-state index contributed by atoms with van der Waals surface area (Å²) in [6.45, 7) is 2.67. The van der Waals surface area contributed by atoms with Crippen LogP contribution in [0, 0.1) is 5.82 Å². The Balaban J connectivity index is 2.05. The summed E-state index contributed by atoms with van der Waals surface area (Å²) in [5.41, 5.74) is 0.166. The van der Waals surface area contributed by atoms with E-state index >= 15 is 0 Å². The van der Waals surface area contributed by atoms with Gasteiger partial charge in [-0.1, -0.05) is 15.9 Å². The van der Waals surface area contributed by atoms with E-state index in [0.29, 0.717) is 6.42 Å². The molecule has 1 aliphatic heterocycles. The Morgan fingerprint density at radius 1 is 1.61 bits per heavy atom. The van der Waals surface area contributed by atoms with Crippen molar-refractivity contribution in [3.63, 3.8) is 0 Å². The lowest BCUT2D eigenvalue weighted by Crippen LogP contribution is -2.49. The molecule has 5 heteroatoms. The number of hydrogen-bond acceptors (Lipinski definition) is 3. The second kappa shape index (κ2) is 5.91. The van der Waals surface area contributed by atoms with Gasteiger partial charge in [-0.25, -0.2) is 4.39 Å². The fraction of sp³-hybridized carbons (Fsp3) is 0.462. The van der Waals surface area contributed by atoms with Gasteiger partial charge in [0, 0.05) is 36.6 Å². The largest absolute Gasteiger partial charge is 0.311 e. The fourth-order valence-electron chi connectivity index (χ4n) is 2.17. The molecule has 0 spiro atoms. The van der Waals surface area contributed by atoms with E-state index in [1.807, 2.05) is 7.05 Å². The monoisotopic (exact) mass is 314 g/mol. The SMILES string of the molecule is CN1CCNC(CC(=O)c2cc(Br)ccc2F)C1. The molecule has 0 bridgehead atoms. The molecule has 98 valence electrons. The van der Waals surface area contributed by atoms with Crippen molar-refractivity contribution in [1.29, 1.82) is 0 Å². The van der Waals surface area contributed by atoms with Crippen LogP contribution in [0.3, 0.4) is 0 Å². The first-order valence-corrected chi connectivity index (χ1v) is 6.76. The summed E-state index contributed by atoms with van der Waals surface area (Å²) in [6, 6.07) is 4.57. The minimum absolute atomic E-state index is 0.106. The number of likely N-dealkylation sites (N-methyl/N-ethyl adjacent to an activating group) is 1. The van der Waals surface area contributed by atoms with Gasteiger partial charge in [0.25, 0.3) is 0 Å². The summed E-state index contributed by atoms with van der Waals surface area (Å²) >= 11 is 3.26. The van der Waals surface area contributed by atoms with Crippen molar-refractivity contribution in [2.24, 2.45) is 0 Å². The van der Waals surface area contributed by atoms with Crippen molar-refractivity contribution >= 4 is 21.7 Å². The summed E-state index contributed by atoms with van der Waals surface area (Å²) in [6.07, 6.45) is 0.331. The molecule has 18 heavy (non-hydrogen) atoms. The second-order valence-electron chi connectivity index (χ2n) is 4.66. The van der Waals surface area contributed by atoms with Crippen LogP contribution < -0.4 is 5.32 Å². The van der Waals surface area contributed by atoms with E-state index in [2.05, 4.69) is 26.1 Å².